The molecule has 7 nitrogen and oxygen atoms in total. The highest BCUT2D eigenvalue weighted by atomic mass is 16.2. The summed E-state index contributed by atoms with van der Waals surface area (Å²) in [6.45, 7) is 2.63. The molecule has 2 unspecified atom stereocenters. The van der Waals surface area contributed by atoms with Crippen LogP contribution in [-0.2, 0) is 0 Å². The molecule has 1 aromatic carbocycles. The molecule has 3 aliphatic rings. The van der Waals surface area contributed by atoms with Gasteiger partial charge in [-0.3, -0.25) is 4.79 Å². The van der Waals surface area contributed by atoms with E-state index in [0.717, 1.165) is 32.5 Å². The number of benzene rings is 1. The van der Waals surface area contributed by atoms with Crippen molar-refractivity contribution >= 4 is 29.1 Å². The molecule has 4 heterocycles. The van der Waals surface area contributed by atoms with E-state index in [1.807, 2.05) is 29.2 Å². The number of anilines is 3. The number of pyridine rings is 1. The topological polar surface area (TPSA) is 77.6 Å². The molecule has 168 valence electrons. The Morgan fingerprint density at radius 2 is 1.97 bits per heavy atom. The summed E-state index contributed by atoms with van der Waals surface area (Å²) in [5.41, 5.74) is 1.70. The number of nitrogens with zero attached hydrogens (tertiary/aromatic N) is 3. The SMILES string of the molecule is O=C1Nc2ccccc2N(C(=O)N2CCC(CCC3CCCCCN3)C2)c2ncccc21. The Bertz CT molecular complexity index is 986. The fraction of sp³-hybridized carbons (Fsp3) is 0.480. The van der Waals surface area contributed by atoms with Gasteiger partial charge in [-0.15, -0.1) is 0 Å². The highest BCUT2D eigenvalue weighted by Gasteiger charge is 2.36. The highest BCUT2D eigenvalue weighted by Crippen LogP contribution is 2.38. The molecule has 7 heteroatoms. The van der Waals surface area contributed by atoms with Crippen LogP contribution in [0.1, 0.15) is 55.3 Å². The van der Waals surface area contributed by atoms with Crippen molar-refractivity contribution in [1.29, 1.82) is 0 Å². The number of aromatic nitrogens is 1. The van der Waals surface area contributed by atoms with Crippen molar-refractivity contribution in [1.82, 2.24) is 15.2 Å². The van der Waals surface area contributed by atoms with Gasteiger partial charge in [-0.05, 0) is 68.8 Å². The predicted octanol–water partition coefficient (Wildman–Crippen LogP) is 4.54. The largest absolute Gasteiger partial charge is 0.330 e. The lowest BCUT2D eigenvalue weighted by Crippen LogP contribution is -2.40. The number of hydrogen-bond acceptors (Lipinski definition) is 4. The van der Waals surface area contributed by atoms with E-state index >= 15 is 0 Å². The van der Waals surface area contributed by atoms with E-state index in [1.54, 1.807) is 23.2 Å². The third kappa shape index (κ3) is 4.21. The minimum absolute atomic E-state index is 0.107. The van der Waals surface area contributed by atoms with Crippen LogP contribution in [0.25, 0.3) is 0 Å². The Labute approximate surface area is 189 Å². The van der Waals surface area contributed by atoms with Crippen LogP contribution in [0.5, 0.6) is 0 Å². The molecule has 3 amide bonds. The van der Waals surface area contributed by atoms with Gasteiger partial charge in [-0.1, -0.05) is 25.0 Å². The Hall–Kier alpha value is -2.93. The van der Waals surface area contributed by atoms with Crippen LogP contribution < -0.4 is 15.5 Å². The molecule has 0 saturated carbocycles. The van der Waals surface area contributed by atoms with E-state index in [4.69, 9.17) is 0 Å². The van der Waals surface area contributed by atoms with Crippen LogP contribution in [0.2, 0.25) is 0 Å². The van der Waals surface area contributed by atoms with Gasteiger partial charge in [0.15, 0.2) is 5.82 Å². The van der Waals surface area contributed by atoms with Gasteiger partial charge in [-0.2, -0.15) is 0 Å². The Balaban J connectivity index is 1.33. The number of nitrogens with one attached hydrogen (secondary N) is 2. The first-order valence-corrected chi connectivity index (χ1v) is 11.9. The molecule has 2 saturated heterocycles. The zero-order valence-electron chi connectivity index (χ0n) is 18.4. The molecule has 2 aromatic rings. The molecule has 0 spiro atoms. The number of hydrogen-bond donors (Lipinski definition) is 2. The van der Waals surface area contributed by atoms with Gasteiger partial charge >= 0.3 is 6.03 Å². The first-order valence-electron chi connectivity index (χ1n) is 11.9. The quantitative estimate of drug-likeness (QED) is 0.745. The summed E-state index contributed by atoms with van der Waals surface area (Å²) in [5, 5.41) is 6.61. The second-order valence-corrected chi connectivity index (χ2v) is 9.14. The summed E-state index contributed by atoms with van der Waals surface area (Å²) < 4.78 is 0. The minimum Gasteiger partial charge on any atom is -0.324 e. The number of rotatable bonds is 3. The smallest absolute Gasteiger partial charge is 0.324 e. The van der Waals surface area contributed by atoms with Crippen LogP contribution in [0.3, 0.4) is 0 Å². The summed E-state index contributed by atoms with van der Waals surface area (Å²) >= 11 is 0. The Kier molecular flexibility index (Phi) is 6.08. The van der Waals surface area contributed by atoms with E-state index in [1.165, 1.54) is 32.1 Å². The minimum atomic E-state index is -0.244. The number of para-hydroxylation sites is 2. The van der Waals surface area contributed by atoms with Crippen molar-refractivity contribution in [2.24, 2.45) is 5.92 Å². The van der Waals surface area contributed by atoms with Crippen molar-refractivity contribution in [3.8, 4) is 0 Å². The Morgan fingerprint density at radius 1 is 1.06 bits per heavy atom. The monoisotopic (exact) mass is 433 g/mol. The molecule has 0 bridgehead atoms. The summed E-state index contributed by atoms with van der Waals surface area (Å²) in [7, 11) is 0. The van der Waals surface area contributed by atoms with E-state index in [0.29, 0.717) is 34.7 Å². The second kappa shape index (κ2) is 9.28. The lowest BCUT2D eigenvalue weighted by Gasteiger charge is -2.28. The highest BCUT2D eigenvalue weighted by molar-refractivity contribution is 6.16. The van der Waals surface area contributed by atoms with Gasteiger partial charge in [-0.25, -0.2) is 14.7 Å². The number of carbonyl (C=O) groups is 2. The number of urea groups is 1. The van der Waals surface area contributed by atoms with Gasteiger partial charge in [0.1, 0.15) is 0 Å². The maximum absolute atomic E-state index is 13.7. The van der Waals surface area contributed by atoms with Crippen molar-refractivity contribution < 1.29 is 9.59 Å². The molecular weight excluding hydrogens is 402 g/mol. The molecular formula is C25H31N5O2. The summed E-state index contributed by atoms with van der Waals surface area (Å²) in [5.74, 6) is 0.672. The van der Waals surface area contributed by atoms with E-state index < -0.39 is 0 Å². The number of amides is 3. The standard InChI is InChI=1S/C25H31N5O2/c31-24-20-8-6-15-27-23(20)30(22-10-4-3-9-21(22)28-24)25(32)29-16-13-18(17-29)11-12-19-7-2-1-5-14-26-19/h3-4,6,8-10,15,18-19,26H,1-2,5,7,11-14,16-17H2,(H,28,31). The van der Waals surface area contributed by atoms with Crippen molar-refractivity contribution in [3.63, 3.8) is 0 Å². The number of likely N-dealkylation sites (tertiary alicyclic amines) is 1. The van der Waals surface area contributed by atoms with Gasteiger partial charge in [0.25, 0.3) is 5.91 Å². The zero-order chi connectivity index (χ0) is 21.9. The first kappa shape index (κ1) is 20.9. The molecule has 0 aliphatic carbocycles. The Morgan fingerprint density at radius 3 is 2.91 bits per heavy atom. The fourth-order valence-corrected chi connectivity index (χ4v) is 5.19. The molecule has 2 N–H and O–H groups in total. The maximum Gasteiger partial charge on any atom is 0.330 e. The first-order chi connectivity index (χ1) is 15.7. The average Bonchev–Trinajstić information content (AvgIpc) is 3.07. The molecule has 2 fully saturated rings. The van der Waals surface area contributed by atoms with Crippen molar-refractivity contribution in [3.05, 3.63) is 48.2 Å². The predicted molar refractivity (Wildman–Crippen MR) is 125 cm³/mol. The van der Waals surface area contributed by atoms with E-state index in [2.05, 4.69) is 15.6 Å². The average molecular weight is 434 g/mol. The van der Waals surface area contributed by atoms with Crippen LogP contribution >= 0.6 is 0 Å². The third-order valence-corrected chi connectivity index (χ3v) is 6.97. The van der Waals surface area contributed by atoms with Crippen LogP contribution in [0, 0.1) is 5.92 Å². The molecule has 2 atom stereocenters. The summed E-state index contributed by atoms with van der Waals surface area (Å²) in [6.07, 6.45) is 10.2. The van der Waals surface area contributed by atoms with Crippen LogP contribution in [-0.4, -0.2) is 47.5 Å². The fourth-order valence-electron chi connectivity index (χ4n) is 5.19. The van der Waals surface area contributed by atoms with Crippen LogP contribution in [0.4, 0.5) is 22.0 Å². The third-order valence-electron chi connectivity index (χ3n) is 6.97. The van der Waals surface area contributed by atoms with Gasteiger partial charge in [0.2, 0.25) is 0 Å². The van der Waals surface area contributed by atoms with Crippen LogP contribution in [0.15, 0.2) is 42.6 Å². The molecule has 0 radical (unpaired) electrons. The van der Waals surface area contributed by atoms with E-state index in [-0.39, 0.29) is 11.9 Å². The number of fused-ring (bicyclic) bond motifs is 2. The maximum atomic E-state index is 13.7. The summed E-state index contributed by atoms with van der Waals surface area (Å²) in [6, 6.07) is 11.4. The summed E-state index contributed by atoms with van der Waals surface area (Å²) in [4.78, 5) is 34.5. The zero-order valence-corrected chi connectivity index (χ0v) is 18.4. The molecule has 32 heavy (non-hydrogen) atoms. The van der Waals surface area contributed by atoms with Crippen molar-refractivity contribution in [2.45, 2.75) is 51.0 Å². The number of carbonyl (C=O) groups excluding carboxylic acids is 2. The van der Waals surface area contributed by atoms with Gasteiger partial charge in [0.05, 0.1) is 16.9 Å². The molecule has 1 aromatic heterocycles. The van der Waals surface area contributed by atoms with Gasteiger partial charge in [0, 0.05) is 25.3 Å². The van der Waals surface area contributed by atoms with E-state index in [9.17, 15) is 9.59 Å². The van der Waals surface area contributed by atoms with Crippen molar-refractivity contribution in [2.75, 3.05) is 29.9 Å². The van der Waals surface area contributed by atoms with Gasteiger partial charge < -0.3 is 15.5 Å². The lowest BCUT2D eigenvalue weighted by atomic mass is 9.97. The molecule has 3 aliphatic heterocycles. The normalized spacial score (nSPS) is 23.1. The lowest BCUT2D eigenvalue weighted by molar-refractivity contribution is 0.102. The molecule has 5 rings (SSSR count). The second-order valence-electron chi connectivity index (χ2n) is 9.14.